The van der Waals surface area contributed by atoms with Crippen LogP contribution in [-0.4, -0.2) is 27.8 Å². The van der Waals surface area contributed by atoms with Gasteiger partial charge in [-0.05, 0) is 37.6 Å². The normalized spacial score (nSPS) is 18.4. The summed E-state index contributed by atoms with van der Waals surface area (Å²) < 4.78 is 34.9. The lowest BCUT2D eigenvalue weighted by Crippen LogP contribution is -2.46. The maximum absolute atomic E-state index is 13.6. The number of aryl methyl sites for hydroxylation is 1. The molecule has 2 aromatic rings. The van der Waals surface area contributed by atoms with Crippen LogP contribution in [0.3, 0.4) is 0 Å². The highest BCUT2D eigenvalue weighted by Gasteiger charge is 2.30. The van der Waals surface area contributed by atoms with Gasteiger partial charge in [0.2, 0.25) is 0 Å². The number of thiol groups is 1. The number of rotatable bonds is 5. The first kappa shape index (κ1) is 21.9. The van der Waals surface area contributed by atoms with Gasteiger partial charge >= 0.3 is 0 Å². The highest BCUT2D eigenvalue weighted by atomic mass is 32.3. The Labute approximate surface area is 176 Å². The first-order chi connectivity index (χ1) is 14.2. The summed E-state index contributed by atoms with van der Waals surface area (Å²) in [4.78, 5) is 13.6. The van der Waals surface area contributed by atoms with Gasteiger partial charge in [-0.1, -0.05) is 26.0 Å². The topological polar surface area (TPSA) is 98.9 Å². The summed E-state index contributed by atoms with van der Waals surface area (Å²) in [6, 6.07) is 5.46. The van der Waals surface area contributed by atoms with Crippen molar-refractivity contribution in [2.24, 2.45) is 13.0 Å². The van der Waals surface area contributed by atoms with Crippen molar-refractivity contribution in [2.75, 3.05) is 12.4 Å². The molecule has 0 saturated carbocycles. The Morgan fingerprint density at radius 2 is 2.17 bits per heavy atom. The van der Waals surface area contributed by atoms with Crippen molar-refractivity contribution >= 4 is 28.0 Å². The number of hydrogen-bond acceptors (Lipinski definition) is 3. The number of fused-ring (bicyclic) bond motifs is 1. The molecule has 0 unspecified atom stereocenters. The third-order valence-corrected chi connectivity index (χ3v) is 7.34. The summed E-state index contributed by atoms with van der Waals surface area (Å²) in [6.07, 6.45) is 6.24. The van der Waals surface area contributed by atoms with E-state index in [2.05, 4.69) is 28.6 Å². The van der Waals surface area contributed by atoms with Crippen molar-refractivity contribution in [1.82, 2.24) is 14.0 Å². The fraction of sp³-hybridized carbons (Fsp3) is 0.333. The number of benzene rings is 1. The SMILES string of the molecule is CN[SH]1(=O)N[C@@H](CC(C)C)C=Cc2c1cn(C)c2C(=O)Nc1ccc(F)c(C#N)c1. The van der Waals surface area contributed by atoms with Crippen LogP contribution in [-0.2, 0) is 17.4 Å². The number of nitriles is 1. The zero-order valence-corrected chi connectivity index (χ0v) is 18.3. The standard InChI is InChI=1S/C21H26FN5O2S/c1-13(2)9-16-5-7-17-19(30(29,24-3)26-16)12-27(4)20(17)21(28)25-15-6-8-18(22)14(10-15)11-23/h5-8,10,12-13,16,30H,9H2,1-4H3,(H,25,28)(H2,24,26,29)/t16-/m1/s1. The number of halogens is 1. The molecule has 1 aliphatic rings. The van der Waals surface area contributed by atoms with Crippen molar-refractivity contribution in [3.63, 3.8) is 0 Å². The van der Waals surface area contributed by atoms with Crippen LogP contribution in [0.15, 0.2) is 35.4 Å². The molecule has 30 heavy (non-hydrogen) atoms. The maximum atomic E-state index is 13.6. The van der Waals surface area contributed by atoms with Crippen molar-refractivity contribution in [3.05, 3.63) is 53.1 Å². The summed E-state index contributed by atoms with van der Waals surface area (Å²) in [6.45, 7) is 4.18. The van der Waals surface area contributed by atoms with Gasteiger partial charge in [-0.25, -0.2) is 13.8 Å². The lowest BCUT2D eigenvalue weighted by Gasteiger charge is -2.28. The third-order valence-electron chi connectivity index (χ3n) is 4.98. The number of nitrogens with one attached hydrogen (secondary N) is 3. The molecule has 3 rings (SSSR count). The maximum Gasteiger partial charge on any atom is 0.272 e. The van der Waals surface area contributed by atoms with Crippen LogP contribution in [0.25, 0.3) is 6.08 Å². The van der Waals surface area contributed by atoms with Gasteiger partial charge in [0, 0.05) is 40.8 Å². The van der Waals surface area contributed by atoms with E-state index in [4.69, 9.17) is 5.26 Å². The average molecular weight is 432 g/mol. The van der Waals surface area contributed by atoms with Gasteiger partial charge in [-0.3, -0.25) is 9.00 Å². The minimum Gasteiger partial charge on any atom is -0.345 e. The van der Waals surface area contributed by atoms with Gasteiger partial charge in [0.1, 0.15) is 17.6 Å². The zero-order chi connectivity index (χ0) is 22.1. The van der Waals surface area contributed by atoms with Gasteiger partial charge in [0.25, 0.3) is 5.91 Å². The molecule has 160 valence electrons. The second kappa shape index (κ2) is 8.52. The molecule has 0 aliphatic carbocycles. The van der Waals surface area contributed by atoms with Crippen molar-refractivity contribution in [3.8, 4) is 6.07 Å². The summed E-state index contributed by atoms with van der Waals surface area (Å²) >= 11 is 0. The van der Waals surface area contributed by atoms with Crippen molar-refractivity contribution < 1.29 is 13.4 Å². The van der Waals surface area contributed by atoms with Crippen LogP contribution in [0, 0.1) is 23.1 Å². The summed E-state index contributed by atoms with van der Waals surface area (Å²) in [5, 5.41) is 11.7. The summed E-state index contributed by atoms with van der Waals surface area (Å²) in [5.41, 5.74) is 1.04. The molecule has 1 aliphatic heterocycles. The summed E-state index contributed by atoms with van der Waals surface area (Å²) in [7, 11) is 0.188. The van der Waals surface area contributed by atoms with Crippen LogP contribution < -0.4 is 14.8 Å². The molecule has 0 bridgehead atoms. The van der Waals surface area contributed by atoms with E-state index in [1.54, 1.807) is 30.9 Å². The molecule has 1 aromatic carbocycles. The Kier molecular flexibility index (Phi) is 6.22. The van der Waals surface area contributed by atoms with E-state index in [1.165, 1.54) is 12.1 Å². The third kappa shape index (κ3) is 4.21. The predicted octanol–water partition coefficient (Wildman–Crippen LogP) is 2.74. The molecule has 0 saturated heterocycles. The second-order valence-electron chi connectivity index (χ2n) is 7.71. The number of nitrogens with zero attached hydrogens (tertiary/aromatic N) is 2. The minimum absolute atomic E-state index is 0.104. The molecule has 2 heterocycles. The van der Waals surface area contributed by atoms with Crippen LogP contribution in [0.4, 0.5) is 10.1 Å². The highest BCUT2D eigenvalue weighted by molar-refractivity contribution is 7.99. The van der Waals surface area contributed by atoms with Gasteiger partial charge in [-0.2, -0.15) is 5.26 Å². The molecule has 1 atom stereocenters. The first-order valence-electron chi connectivity index (χ1n) is 9.64. The molecule has 0 radical (unpaired) electrons. The number of aromatic nitrogens is 1. The van der Waals surface area contributed by atoms with Gasteiger partial charge in [0.15, 0.2) is 0 Å². The molecule has 3 N–H and O–H groups in total. The molecule has 9 heteroatoms. The number of carbonyl (C=O) groups excluding carboxylic acids is 1. The van der Waals surface area contributed by atoms with Crippen LogP contribution in [0.5, 0.6) is 0 Å². The largest absolute Gasteiger partial charge is 0.345 e. The Hall–Kier alpha value is -2.80. The quantitative estimate of drug-likeness (QED) is 0.548. The van der Waals surface area contributed by atoms with Crippen LogP contribution in [0.2, 0.25) is 0 Å². The number of amides is 1. The molecule has 1 aromatic heterocycles. The average Bonchev–Trinajstić information content (AvgIpc) is 2.97. The highest BCUT2D eigenvalue weighted by Crippen LogP contribution is 2.30. The van der Waals surface area contributed by atoms with E-state index in [1.807, 2.05) is 12.2 Å². The fourth-order valence-electron chi connectivity index (χ4n) is 3.59. The molecule has 0 fully saturated rings. The number of carbonyl (C=O) groups is 1. The summed E-state index contributed by atoms with van der Waals surface area (Å²) in [5.74, 6) is -0.691. The van der Waals surface area contributed by atoms with E-state index < -0.39 is 22.0 Å². The van der Waals surface area contributed by atoms with E-state index in [9.17, 15) is 13.4 Å². The molecule has 7 nitrogen and oxygen atoms in total. The predicted molar refractivity (Wildman–Crippen MR) is 117 cm³/mol. The second-order valence-corrected chi connectivity index (χ2v) is 10.1. The van der Waals surface area contributed by atoms with E-state index in [-0.39, 0.29) is 11.6 Å². The van der Waals surface area contributed by atoms with Gasteiger partial charge < -0.3 is 9.88 Å². The lowest BCUT2D eigenvalue weighted by molar-refractivity contribution is 0.101. The number of hydrogen-bond donors (Lipinski definition) is 4. The Morgan fingerprint density at radius 1 is 1.43 bits per heavy atom. The van der Waals surface area contributed by atoms with E-state index in [0.29, 0.717) is 27.8 Å². The monoisotopic (exact) mass is 431 g/mol. The van der Waals surface area contributed by atoms with E-state index >= 15 is 0 Å². The van der Waals surface area contributed by atoms with Gasteiger partial charge in [-0.15, -0.1) is 0 Å². The minimum atomic E-state index is -3.14. The fourth-order valence-corrected chi connectivity index (χ4v) is 5.61. The van der Waals surface area contributed by atoms with Gasteiger partial charge in [0.05, 0.1) is 10.5 Å². The van der Waals surface area contributed by atoms with Crippen molar-refractivity contribution in [1.29, 1.82) is 5.26 Å². The molecular formula is C21H26FN5O2S. The smallest absolute Gasteiger partial charge is 0.272 e. The van der Waals surface area contributed by atoms with Crippen LogP contribution in [0.1, 0.15) is 41.9 Å². The zero-order valence-electron chi connectivity index (χ0n) is 17.4. The van der Waals surface area contributed by atoms with Crippen molar-refractivity contribution in [2.45, 2.75) is 31.2 Å². The first-order valence-corrected chi connectivity index (χ1v) is 11.3. The molecule has 1 amide bonds. The molecule has 0 spiro atoms. The number of anilines is 1. The van der Waals surface area contributed by atoms with E-state index in [0.717, 1.165) is 12.5 Å². The lowest BCUT2D eigenvalue weighted by atomic mass is 10.0. The Morgan fingerprint density at radius 3 is 2.80 bits per heavy atom. The Balaban J connectivity index is 2.01. The Bertz CT molecular complexity index is 1100. The molecular weight excluding hydrogens is 405 g/mol. The van der Waals surface area contributed by atoms with Crippen LogP contribution >= 0.6 is 0 Å².